The lowest BCUT2D eigenvalue weighted by Gasteiger charge is -2.14. The predicted octanol–water partition coefficient (Wildman–Crippen LogP) is 1.84. The van der Waals surface area contributed by atoms with Crippen molar-refractivity contribution in [2.24, 2.45) is 0 Å². The number of Topliss-reactive ketones (excluding diaryl/α,β-unsaturated/α-hetero) is 1. The van der Waals surface area contributed by atoms with Crippen molar-refractivity contribution < 1.29 is 14.3 Å². The average Bonchev–Trinajstić information content (AvgIpc) is 2.02. The van der Waals surface area contributed by atoms with Crippen molar-refractivity contribution in [3.63, 3.8) is 0 Å². The van der Waals surface area contributed by atoms with E-state index in [1.54, 1.807) is 0 Å². The zero-order valence-electron chi connectivity index (χ0n) is 8.04. The number of hydrogen-bond acceptors (Lipinski definition) is 3. The summed E-state index contributed by atoms with van der Waals surface area (Å²) in [5, 5.41) is 0. The van der Waals surface area contributed by atoms with E-state index in [1.165, 1.54) is 0 Å². The molecule has 1 fully saturated rings. The summed E-state index contributed by atoms with van der Waals surface area (Å²) in [6, 6.07) is 0. The van der Waals surface area contributed by atoms with Crippen LogP contribution in [-0.4, -0.2) is 17.9 Å². The number of esters is 1. The molecule has 1 aliphatic rings. The summed E-state index contributed by atoms with van der Waals surface area (Å²) in [7, 11) is 0. The lowest BCUT2D eigenvalue weighted by atomic mass is 10.1. The minimum absolute atomic E-state index is 0.0131. The van der Waals surface area contributed by atoms with E-state index in [0.29, 0.717) is 6.42 Å². The van der Waals surface area contributed by atoms with E-state index < -0.39 is 0 Å². The molecule has 0 bridgehead atoms. The van der Waals surface area contributed by atoms with E-state index in [0.717, 1.165) is 25.7 Å². The molecule has 3 nitrogen and oxygen atoms in total. The normalized spacial score (nSPS) is 26.7. The van der Waals surface area contributed by atoms with Gasteiger partial charge in [-0.15, -0.1) is 0 Å². The molecule has 0 saturated carbocycles. The van der Waals surface area contributed by atoms with Gasteiger partial charge >= 0.3 is 5.97 Å². The third-order valence-corrected chi connectivity index (χ3v) is 2.24. The molecule has 1 heterocycles. The molecular weight excluding hydrogens is 168 g/mol. The van der Waals surface area contributed by atoms with Crippen molar-refractivity contribution in [2.45, 2.75) is 51.6 Å². The SMILES string of the molecule is C[C@H]1CCCCCC(=O)CC(=O)O1. The quantitative estimate of drug-likeness (QED) is 0.426. The molecule has 0 aromatic rings. The summed E-state index contributed by atoms with van der Waals surface area (Å²) in [5.74, 6) is -0.349. The van der Waals surface area contributed by atoms with Gasteiger partial charge in [0, 0.05) is 6.42 Å². The highest BCUT2D eigenvalue weighted by atomic mass is 16.5. The summed E-state index contributed by atoms with van der Waals surface area (Å²) in [6.45, 7) is 1.88. The van der Waals surface area contributed by atoms with Crippen molar-refractivity contribution in [1.82, 2.24) is 0 Å². The Hall–Kier alpha value is -0.860. The van der Waals surface area contributed by atoms with E-state index >= 15 is 0 Å². The Kier molecular flexibility index (Phi) is 3.93. The Bertz CT molecular complexity index is 198. The van der Waals surface area contributed by atoms with Crippen LogP contribution in [0.4, 0.5) is 0 Å². The van der Waals surface area contributed by atoms with Gasteiger partial charge in [-0.3, -0.25) is 9.59 Å². The van der Waals surface area contributed by atoms with E-state index in [-0.39, 0.29) is 24.3 Å². The van der Waals surface area contributed by atoms with Gasteiger partial charge in [-0.1, -0.05) is 6.42 Å². The highest BCUT2D eigenvalue weighted by Gasteiger charge is 2.15. The Morgan fingerprint density at radius 2 is 2.00 bits per heavy atom. The van der Waals surface area contributed by atoms with E-state index in [1.807, 2.05) is 6.92 Å². The second kappa shape index (κ2) is 5.00. The standard InChI is InChI=1S/C10H16O3/c1-8-5-3-2-4-6-9(11)7-10(12)13-8/h8H,2-7H2,1H3/t8-/m0/s1. The molecule has 1 atom stereocenters. The molecular formula is C10H16O3. The van der Waals surface area contributed by atoms with Crippen LogP contribution in [0, 0.1) is 0 Å². The molecule has 1 aliphatic heterocycles. The smallest absolute Gasteiger partial charge is 0.313 e. The van der Waals surface area contributed by atoms with Crippen LogP contribution < -0.4 is 0 Å². The van der Waals surface area contributed by atoms with Crippen molar-refractivity contribution in [3.8, 4) is 0 Å². The van der Waals surface area contributed by atoms with Crippen LogP contribution in [0.15, 0.2) is 0 Å². The summed E-state index contributed by atoms with van der Waals surface area (Å²) in [4.78, 5) is 22.2. The zero-order valence-corrected chi connectivity index (χ0v) is 8.04. The molecule has 0 aromatic heterocycles. The maximum atomic E-state index is 11.1. The maximum absolute atomic E-state index is 11.1. The minimum Gasteiger partial charge on any atom is -0.462 e. The lowest BCUT2D eigenvalue weighted by Crippen LogP contribution is -2.18. The van der Waals surface area contributed by atoms with Crippen LogP contribution in [0.5, 0.6) is 0 Å². The summed E-state index contributed by atoms with van der Waals surface area (Å²) in [5.41, 5.74) is 0. The first-order valence-electron chi connectivity index (χ1n) is 4.89. The Morgan fingerprint density at radius 3 is 2.77 bits per heavy atom. The molecule has 0 spiro atoms. The molecule has 74 valence electrons. The highest BCUT2D eigenvalue weighted by molar-refractivity contribution is 5.95. The van der Waals surface area contributed by atoms with Crippen LogP contribution >= 0.6 is 0 Å². The van der Waals surface area contributed by atoms with E-state index in [2.05, 4.69) is 0 Å². The van der Waals surface area contributed by atoms with Gasteiger partial charge in [-0.25, -0.2) is 0 Å². The molecule has 0 unspecified atom stereocenters. The van der Waals surface area contributed by atoms with Gasteiger partial charge < -0.3 is 4.74 Å². The molecule has 0 N–H and O–H groups in total. The minimum atomic E-state index is -0.362. The van der Waals surface area contributed by atoms with Crippen LogP contribution in [-0.2, 0) is 14.3 Å². The van der Waals surface area contributed by atoms with Gasteiger partial charge in [0.05, 0.1) is 6.10 Å². The van der Waals surface area contributed by atoms with E-state index in [9.17, 15) is 9.59 Å². The molecule has 0 amide bonds. The van der Waals surface area contributed by atoms with Crippen LogP contribution in [0.2, 0.25) is 0 Å². The molecule has 0 aliphatic carbocycles. The van der Waals surface area contributed by atoms with E-state index in [4.69, 9.17) is 4.74 Å². The third-order valence-electron chi connectivity index (χ3n) is 2.24. The molecule has 0 aromatic carbocycles. The van der Waals surface area contributed by atoms with Crippen molar-refractivity contribution in [1.29, 1.82) is 0 Å². The topological polar surface area (TPSA) is 43.4 Å². The molecule has 13 heavy (non-hydrogen) atoms. The van der Waals surface area contributed by atoms with Crippen molar-refractivity contribution >= 4 is 11.8 Å². The van der Waals surface area contributed by atoms with Crippen LogP contribution in [0.3, 0.4) is 0 Å². The summed E-state index contributed by atoms with van der Waals surface area (Å²) < 4.78 is 5.04. The van der Waals surface area contributed by atoms with Gasteiger partial charge in [0.2, 0.25) is 0 Å². The number of rotatable bonds is 0. The predicted molar refractivity (Wildman–Crippen MR) is 48.3 cm³/mol. The summed E-state index contributed by atoms with van der Waals surface area (Å²) in [6.07, 6.45) is 4.40. The fourth-order valence-corrected chi connectivity index (χ4v) is 1.51. The third kappa shape index (κ3) is 4.06. The lowest BCUT2D eigenvalue weighted by molar-refractivity contribution is -0.150. The Labute approximate surface area is 78.5 Å². The molecule has 3 heteroatoms. The number of cyclic esters (lactones) is 1. The van der Waals surface area contributed by atoms with Gasteiger partial charge in [0.25, 0.3) is 0 Å². The number of hydrogen-bond donors (Lipinski definition) is 0. The fourth-order valence-electron chi connectivity index (χ4n) is 1.51. The van der Waals surface area contributed by atoms with Crippen molar-refractivity contribution in [3.05, 3.63) is 0 Å². The summed E-state index contributed by atoms with van der Waals surface area (Å²) >= 11 is 0. The number of carbonyl (C=O) groups excluding carboxylic acids is 2. The number of ketones is 1. The Balaban J connectivity index is 2.44. The molecule has 0 radical (unpaired) electrons. The van der Waals surface area contributed by atoms with Gasteiger partial charge in [0.15, 0.2) is 0 Å². The number of carbonyl (C=O) groups is 2. The molecule has 1 rings (SSSR count). The fraction of sp³-hybridized carbons (Fsp3) is 0.800. The second-order valence-electron chi connectivity index (χ2n) is 3.62. The van der Waals surface area contributed by atoms with Gasteiger partial charge in [-0.2, -0.15) is 0 Å². The zero-order chi connectivity index (χ0) is 9.68. The molecule has 1 saturated heterocycles. The first kappa shape index (κ1) is 10.2. The Morgan fingerprint density at radius 1 is 1.23 bits per heavy atom. The number of ether oxygens (including phenoxy) is 1. The largest absolute Gasteiger partial charge is 0.462 e. The average molecular weight is 184 g/mol. The monoisotopic (exact) mass is 184 g/mol. The van der Waals surface area contributed by atoms with Gasteiger partial charge in [-0.05, 0) is 26.2 Å². The highest BCUT2D eigenvalue weighted by Crippen LogP contribution is 2.12. The maximum Gasteiger partial charge on any atom is 0.313 e. The van der Waals surface area contributed by atoms with Crippen LogP contribution in [0.25, 0.3) is 0 Å². The van der Waals surface area contributed by atoms with Crippen LogP contribution in [0.1, 0.15) is 45.4 Å². The second-order valence-corrected chi connectivity index (χ2v) is 3.62. The first-order valence-corrected chi connectivity index (χ1v) is 4.89. The first-order chi connectivity index (χ1) is 6.18. The van der Waals surface area contributed by atoms with Crippen molar-refractivity contribution in [2.75, 3.05) is 0 Å². The van der Waals surface area contributed by atoms with Gasteiger partial charge in [0.1, 0.15) is 12.2 Å².